The number of carbonyl (C=O) groups excluding carboxylic acids is 5. The number of ether oxygens (including phenoxy) is 1. The van der Waals surface area contributed by atoms with Crippen LogP contribution in [0, 0.1) is 0 Å². The third-order valence-electron chi connectivity index (χ3n) is 7.00. The first kappa shape index (κ1) is 34.4. The lowest BCUT2D eigenvalue weighted by Crippen LogP contribution is -2.46. The van der Waals surface area contributed by atoms with E-state index in [9.17, 15) is 24.0 Å². The summed E-state index contributed by atoms with van der Waals surface area (Å²) in [6, 6.07) is -1.37. The van der Waals surface area contributed by atoms with Gasteiger partial charge in [0.05, 0.1) is 69.0 Å². The highest BCUT2D eigenvalue weighted by atomic mass is 35.5. The van der Waals surface area contributed by atoms with Crippen LogP contribution in [0.3, 0.4) is 0 Å². The van der Waals surface area contributed by atoms with Crippen molar-refractivity contribution in [2.24, 2.45) is 0 Å². The highest BCUT2D eigenvalue weighted by molar-refractivity contribution is 6.56. The summed E-state index contributed by atoms with van der Waals surface area (Å²) in [5, 5.41) is -1.66. The number of esters is 1. The molecule has 0 N–H and O–H groups in total. The molecule has 0 aliphatic carbocycles. The molecule has 0 saturated heterocycles. The van der Waals surface area contributed by atoms with E-state index in [0.717, 1.165) is 22.6 Å². The van der Waals surface area contributed by atoms with Gasteiger partial charge in [0.2, 0.25) is 0 Å². The van der Waals surface area contributed by atoms with Gasteiger partial charge in [-0.2, -0.15) is 0 Å². The Hall–Kier alpha value is -1.49. The minimum absolute atomic E-state index is 0.0723. The van der Waals surface area contributed by atoms with Crippen LogP contribution in [0.4, 0.5) is 0 Å². The average Bonchev–Trinajstić information content (AvgIpc) is 3.38. The summed E-state index contributed by atoms with van der Waals surface area (Å²) in [5.74, 6) is -4.02. The number of amides is 4. The molecule has 0 spiro atoms. The monoisotopic (exact) mass is 748 g/mol. The molecule has 230 valence electrons. The molecule has 2 heterocycles. The van der Waals surface area contributed by atoms with Gasteiger partial charge in [-0.15, -0.1) is 0 Å². The highest BCUT2D eigenvalue weighted by Crippen LogP contribution is 2.46. The Bertz CT molecular complexity index is 1490. The third kappa shape index (κ3) is 6.07. The molecule has 4 amide bonds. The van der Waals surface area contributed by atoms with Crippen LogP contribution in [-0.2, 0) is 9.53 Å². The Morgan fingerprint density at radius 2 is 1.02 bits per heavy atom. The fraction of sp³-hybridized carbons (Fsp3) is 0.370. The van der Waals surface area contributed by atoms with Crippen molar-refractivity contribution in [3.63, 3.8) is 0 Å². The van der Waals surface area contributed by atoms with Crippen molar-refractivity contribution < 1.29 is 28.7 Å². The zero-order valence-electron chi connectivity index (χ0n) is 22.1. The summed E-state index contributed by atoms with van der Waals surface area (Å²) in [7, 11) is 0. The van der Waals surface area contributed by atoms with Gasteiger partial charge < -0.3 is 4.74 Å². The molecular formula is C27H20Cl8N2O6. The maximum atomic E-state index is 13.4. The second-order valence-electron chi connectivity index (χ2n) is 9.64. The smallest absolute Gasteiger partial charge is 0.329 e. The fourth-order valence-electron chi connectivity index (χ4n) is 4.83. The Kier molecular flexibility index (Phi) is 11.1. The van der Waals surface area contributed by atoms with E-state index in [-0.39, 0.29) is 94.8 Å². The van der Waals surface area contributed by atoms with Crippen LogP contribution in [0.15, 0.2) is 0 Å². The number of fused-ring (bicyclic) bond motifs is 2. The first-order valence-electron chi connectivity index (χ1n) is 12.9. The Morgan fingerprint density at radius 3 is 1.44 bits per heavy atom. The van der Waals surface area contributed by atoms with Crippen LogP contribution in [-0.4, -0.2) is 58.6 Å². The van der Waals surface area contributed by atoms with Gasteiger partial charge in [-0.3, -0.25) is 29.0 Å². The van der Waals surface area contributed by atoms with Gasteiger partial charge in [0.15, 0.2) is 0 Å². The molecule has 0 aromatic heterocycles. The first-order chi connectivity index (χ1) is 20.3. The summed E-state index contributed by atoms with van der Waals surface area (Å²) in [6.07, 6.45) is 2.53. The minimum Gasteiger partial charge on any atom is -0.464 e. The zero-order valence-corrected chi connectivity index (χ0v) is 28.1. The minimum atomic E-state index is -1.37. The van der Waals surface area contributed by atoms with E-state index in [2.05, 4.69) is 0 Å². The zero-order chi connectivity index (χ0) is 31.9. The SMILES string of the molecule is CCCCCOC(=O)[C@H](CCCCN1C(=O)c2c(Cl)c(Cl)c(Cl)c(Cl)c2C1=O)N1C(=O)c2c(Cl)c(Cl)c(Cl)c(Cl)c2C1=O. The highest BCUT2D eigenvalue weighted by Gasteiger charge is 2.47. The van der Waals surface area contributed by atoms with E-state index in [1.165, 1.54) is 0 Å². The third-order valence-corrected chi connectivity index (χ3v) is 10.6. The Balaban J connectivity index is 1.54. The van der Waals surface area contributed by atoms with Crippen molar-refractivity contribution in [2.45, 2.75) is 51.5 Å². The molecule has 0 saturated carbocycles. The van der Waals surface area contributed by atoms with Gasteiger partial charge >= 0.3 is 5.97 Å². The van der Waals surface area contributed by atoms with E-state index in [1.807, 2.05) is 6.92 Å². The molecule has 4 rings (SSSR count). The molecule has 1 atom stereocenters. The lowest BCUT2D eigenvalue weighted by Gasteiger charge is -2.25. The van der Waals surface area contributed by atoms with E-state index in [4.69, 9.17) is 97.5 Å². The molecule has 0 fully saturated rings. The number of nitrogens with zero attached hydrogens (tertiary/aromatic N) is 2. The standard InChI is InChI=1S/C27H20Cl8N2O6/c1-2-3-6-9-43-27(42)10(37-25(40)13-14(26(37)41)18(31)22(35)21(34)17(13)30)7-4-5-8-36-23(38)11-12(24(36)39)16(29)20(33)19(32)15(11)28/h10H,2-9H2,1H3/t10-/m0/s1. The van der Waals surface area contributed by atoms with Crippen LogP contribution in [0.5, 0.6) is 0 Å². The summed E-state index contributed by atoms with van der Waals surface area (Å²) in [6.45, 7) is 1.96. The number of hydrogen-bond acceptors (Lipinski definition) is 6. The van der Waals surface area contributed by atoms with Crippen molar-refractivity contribution in [2.75, 3.05) is 13.2 Å². The molecule has 2 aromatic carbocycles. The van der Waals surface area contributed by atoms with Gasteiger partial charge in [-0.25, -0.2) is 4.79 Å². The molecule has 2 aliphatic rings. The van der Waals surface area contributed by atoms with Gasteiger partial charge in [0.25, 0.3) is 23.6 Å². The van der Waals surface area contributed by atoms with Crippen LogP contribution in [0.1, 0.15) is 86.9 Å². The lowest BCUT2D eigenvalue weighted by atomic mass is 10.1. The summed E-state index contributed by atoms with van der Waals surface area (Å²) >= 11 is 49.2. The second kappa shape index (κ2) is 13.9. The molecule has 2 aliphatic heterocycles. The van der Waals surface area contributed by atoms with E-state index in [1.54, 1.807) is 0 Å². The Labute approximate surface area is 286 Å². The molecule has 16 heteroatoms. The number of imide groups is 2. The predicted octanol–water partition coefficient (Wildman–Crippen LogP) is 9.08. The van der Waals surface area contributed by atoms with Gasteiger partial charge in [0.1, 0.15) is 6.04 Å². The lowest BCUT2D eigenvalue weighted by molar-refractivity contribution is -0.148. The van der Waals surface area contributed by atoms with Crippen molar-refractivity contribution in [3.05, 3.63) is 62.4 Å². The van der Waals surface area contributed by atoms with Crippen molar-refractivity contribution in [3.8, 4) is 0 Å². The van der Waals surface area contributed by atoms with Crippen LogP contribution < -0.4 is 0 Å². The van der Waals surface area contributed by atoms with Crippen molar-refractivity contribution >= 4 is 122 Å². The topological polar surface area (TPSA) is 101 Å². The maximum Gasteiger partial charge on any atom is 0.329 e. The Morgan fingerprint density at radius 1 is 0.605 bits per heavy atom. The van der Waals surface area contributed by atoms with E-state index < -0.39 is 35.6 Å². The fourth-order valence-corrected chi connectivity index (χ4v) is 6.86. The van der Waals surface area contributed by atoms with Gasteiger partial charge in [-0.05, 0) is 25.7 Å². The number of rotatable bonds is 11. The molecule has 43 heavy (non-hydrogen) atoms. The van der Waals surface area contributed by atoms with E-state index in [0.29, 0.717) is 6.42 Å². The van der Waals surface area contributed by atoms with Crippen LogP contribution in [0.25, 0.3) is 0 Å². The molecular weight excluding hydrogens is 732 g/mol. The summed E-state index contributed by atoms with van der Waals surface area (Å²) in [5.41, 5.74) is -0.854. The first-order valence-corrected chi connectivity index (χ1v) is 15.9. The molecule has 0 unspecified atom stereocenters. The summed E-state index contributed by atoms with van der Waals surface area (Å²) in [4.78, 5) is 67.8. The number of benzene rings is 2. The van der Waals surface area contributed by atoms with Crippen molar-refractivity contribution in [1.82, 2.24) is 9.80 Å². The molecule has 0 bridgehead atoms. The molecule has 8 nitrogen and oxygen atoms in total. The number of hydrogen-bond donors (Lipinski definition) is 0. The summed E-state index contributed by atoms with van der Waals surface area (Å²) < 4.78 is 5.40. The number of carbonyl (C=O) groups is 5. The molecule has 0 radical (unpaired) electrons. The molecule has 2 aromatic rings. The predicted molar refractivity (Wildman–Crippen MR) is 167 cm³/mol. The van der Waals surface area contributed by atoms with Gasteiger partial charge in [-0.1, -0.05) is 113 Å². The number of unbranched alkanes of at least 4 members (excludes halogenated alkanes) is 3. The van der Waals surface area contributed by atoms with Crippen LogP contribution >= 0.6 is 92.8 Å². The number of halogens is 8. The van der Waals surface area contributed by atoms with Crippen LogP contribution in [0.2, 0.25) is 40.2 Å². The maximum absolute atomic E-state index is 13.4. The quantitative estimate of drug-likeness (QED) is 0.0747. The average molecular weight is 752 g/mol. The largest absolute Gasteiger partial charge is 0.464 e. The second-order valence-corrected chi connectivity index (χ2v) is 12.7. The van der Waals surface area contributed by atoms with E-state index >= 15 is 0 Å². The van der Waals surface area contributed by atoms with Crippen molar-refractivity contribution in [1.29, 1.82) is 0 Å². The van der Waals surface area contributed by atoms with Gasteiger partial charge in [0, 0.05) is 6.54 Å². The normalized spacial score (nSPS) is 15.0.